The Hall–Kier alpha value is -2.18. The van der Waals surface area contributed by atoms with Crippen molar-refractivity contribution in [1.29, 1.82) is 0 Å². The van der Waals surface area contributed by atoms with Gasteiger partial charge >= 0.3 is 0 Å². The summed E-state index contributed by atoms with van der Waals surface area (Å²) in [5.41, 5.74) is 1.12. The molecule has 1 saturated heterocycles. The zero-order valence-corrected chi connectivity index (χ0v) is 14.3. The molecule has 0 atom stereocenters. The molecule has 0 aliphatic carbocycles. The summed E-state index contributed by atoms with van der Waals surface area (Å²) in [5.74, 6) is 2.05. The molecule has 1 aromatic heterocycles. The molecular weight excluding hydrogens is 308 g/mol. The van der Waals surface area contributed by atoms with E-state index in [9.17, 15) is 5.11 Å². The van der Waals surface area contributed by atoms with Gasteiger partial charge in [-0.15, -0.1) is 0 Å². The Bertz CT molecular complexity index is 624. The molecule has 2 aromatic rings. The van der Waals surface area contributed by atoms with Crippen LogP contribution in [-0.4, -0.2) is 45.5 Å². The Balaban J connectivity index is 1.58. The minimum absolute atomic E-state index is 0.0615. The van der Waals surface area contributed by atoms with Gasteiger partial charge in [0.25, 0.3) is 0 Å². The van der Waals surface area contributed by atoms with Crippen LogP contribution in [0.4, 0.5) is 0 Å². The Morgan fingerprint density at radius 1 is 1.00 bits per heavy atom. The maximum Gasteiger partial charge on any atom is 0.200 e. The third-order valence-electron chi connectivity index (χ3n) is 4.66. The second-order valence-electron chi connectivity index (χ2n) is 6.28. The molecule has 3 N–H and O–H groups in total. The first-order valence-electron chi connectivity index (χ1n) is 8.33. The second kappa shape index (κ2) is 7.59. The van der Waals surface area contributed by atoms with Crippen molar-refractivity contribution in [3.05, 3.63) is 41.9 Å². The third kappa shape index (κ3) is 3.83. The number of aromatic hydroxyl groups is 1. The van der Waals surface area contributed by atoms with Crippen LogP contribution in [0.3, 0.4) is 0 Å². The molecule has 130 valence electrons. The lowest BCUT2D eigenvalue weighted by Gasteiger charge is -2.29. The number of furan rings is 1. The largest absolute Gasteiger partial charge is 0.502 e. The van der Waals surface area contributed by atoms with Crippen molar-refractivity contribution in [3.8, 4) is 17.2 Å². The molecule has 0 spiro atoms. The molecule has 6 nitrogen and oxygen atoms in total. The molecule has 0 amide bonds. The second-order valence-corrected chi connectivity index (χ2v) is 6.28. The van der Waals surface area contributed by atoms with Crippen LogP contribution in [0.25, 0.3) is 0 Å². The number of phenolic OH excluding ortho intramolecular Hbond substituents is 1. The van der Waals surface area contributed by atoms with Gasteiger partial charge in [0.2, 0.25) is 5.75 Å². The highest BCUT2D eigenvalue weighted by molar-refractivity contribution is 5.52. The van der Waals surface area contributed by atoms with Crippen LogP contribution in [0.1, 0.15) is 11.3 Å². The number of piperazine rings is 1. The minimum Gasteiger partial charge on any atom is -0.502 e. The third-order valence-corrected chi connectivity index (χ3v) is 4.66. The normalized spacial score (nSPS) is 20.8. The minimum atomic E-state index is 0.0615. The van der Waals surface area contributed by atoms with Crippen molar-refractivity contribution in [2.45, 2.75) is 13.1 Å². The smallest absolute Gasteiger partial charge is 0.200 e. The summed E-state index contributed by atoms with van der Waals surface area (Å²) in [7, 11) is 3.11. The highest BCUT2D eigenvalue weighted by Crippen LogP contribution is 2.36. The van der Waals surface area contributed by atoms with E-state index in [4.69, 9.17) is 13.9 Å². The van der Waals surface area contributed by atoms with Gasteiger partial charge in [-0.3, -0.25) is 0 Å². The average molecular weight is 334 g/mol. The van der Waals surface area contributed by atoms with Crippen LogP contribution < -0.4 is 19.3 Å². The summed E-state index contributed by atoms with van der Waals surface area (Å²) >= 11 is 0. The Labute approximate surface area is 142 Å². The van der Waals surface area contributed by atoms with Gasteiger partial charge in [0.15, 0.2) is 17.3 Å². The molecule has 0 radical (unpaired) electrons. The highest BCUT2D eigenvalue weighted by atomic mass is 16.5. The number of quaternary nitrogens is 2. The maximum absolute atomic E-state index is 10.0. The molecule has 0 saturated carbocycles. The molecule has 1 fully saturated rings. The monoisotopic (exact) mass is 334 g/mol. The van der Waals surface area contributed by atoms with E-state index in [0.717, 1.165) is 50.6 Å². The van der Waals surface area contributed by atoms with Crippen LogP contribution in [0.5, 0.6) is 17.2 Å². The molecule has 0 bridgehead atoms. The molecule has 1 aliphatic heterocycles. The predicted molar refractivity (Wildman–Crippen MR) is 88.7 cm³/mol. The quantitative estimate of drug-likeness (QED) is 0.666. The van der Waals surface area contributed by atoms with Gasteiger partial charge < -0.3 is 28.8 Å². The van der Waals surface area contributed by atoms with Gasteiger partial charge in [-0.2, -0.15) is 0 Å². The van der Waals surface area contributed by atoms with Crippen molar-refractivity contribution >= 4 is 0 Å². The summed E-state index contributed by atoms with van der Waals surface area (Å²) in [6.07, 6.45) is 1.74. The van der Waals surface area contributed by atoms with Gasteiger partial charge in [0, 0.05) is 5.56 Å². The van der Waals surface area contributed by atoms with Crippen LogP contribution in [-0.2, 0) is 13.1 Å². The average Bonchev–Trinajstić information content (AvgIpc) is 3.11. The van der Waals surface area contributed by atoms with Crippen LogP contribution in [0, 0.1) is 0 Å². The number of ether oxygens (including phenoxy) is 2. The van der Waals surface area contributed by atoms with E-state index >= 15 is 0 Å². The molecule has 2 heterocycles. The lowest BCUT2D eigenvalue weighted by atomic mass is 10.1. The van der Waals surface area contributed by atoms with E-state index in [2.05, 4.69) is 0 Å². The zero-order chi connectivity index (χ0) is 16.9. The fourth-order valence-electron chi connectivity index (χ4n) is 3.31. The number of rotatable bonds is 6. The number of phenols is 1. The van der Waals surface area contributed by atoms with Gasteiger partial charge in [0.1, 0.15) is 39.3 Å². The first-order chi connectivity index (χ1) is 11.7. The topological polar surface area (TPSA) is 60.7 Å². The number of benzene rings is 1. The van der Waals surface area contributed by atoms with Crippen molar-refractivity contribution in [1.82, 2.24) is 0 Å². The van der Waals surface area contributed by atoms with E-state index in [1.807, 2.05) is 24.3 Å². The number of hydrogen-bond donors (Lipinski definition) is 3. The summed E-state index contributed by atoms with van der Waals surface area (Å²) in [6.45, 7) is 6.34. The first-order valence-corrected chi connectivity index (χ1v) is 8.33. The zero-order valence-electron chi connectivity index (χ0n) is 14.3. The van der Waals surface area contributed by atoms with Crippen molar-refractivity contribution in [2.75, 3.05) is 40.4 Å². The van der Waals surface area contributed by atoms with E-state index in [1.54, 1.807) is 25.4 Å². The van der Waals surface area contributed by atoms with Crippen molar-refractivity contribution < 1.29 is 28.8 Å². The summed E-state index contributed by atoms with van der Waals surface area (Å²) in [6, 6.07) is 7.78. The Morgan fingerprint density at radius 3 is 2.08 bits per heavy atom. The summed E-state index contributed by atoms with van der Waals surface area (Å²) < 4.78 is 15.9. The van der Waals surface area contributed by atoms with E-state index < -0.39 is 0 Å². The lowest BCUT2D eigenvalue weighted by Crippen LogP contribution is -3.27. The van der Waals surface area contributed by atoms with Gasteiger partial charge in [-0.05, 0) is 24.3 Å². The van der Waals surface area contributed by atoms with E-state index in [1.165, 1.54) is 4.90 Å². The van der Waals surface area contributed by atoms with Gasteiger partial charge in [0.05, 0.1) is 20.5 Å². The molecular formula is C18H26N2O4+2. The summed E-state index contributed by atoms with van der Waals surface area (Å²) in [4.78, 5) is 3.10. The van der Waals surface area contributed by atoms with Crippen molar-refractivity contribution in [2.24, 2.45) is 0 Å². The molecule has 1 aromatic carbocycles. The fourth-order valence-corrected chi connectivity index (χ4v) is 3.31. The lowest BCUT2D eigenvalue weighted by molar-refractivity contribution is -1.02. The van der Waals surface area contributed by atoms with E-state index in [-0.39, 0.29) is 5.75 Å². The molecule has 0 unspecified atom stereocenters. The SMILES string of the molecule is COc1cc(C[NH+]2CC[NH+](Cc3ccco3)CC2)cc(OC)c1O. The van der Waals surface area contributed by atoms with Crippen LogP contribution in [0.15, 0.2) is 34.9 Å². The molecule has 3 rings (SSSR count). The maximum atomic E-state index is 10.0. The first kappa shape index (κ1) is 16.7. The fraction of sp³-hybridized carbons (Fsp3) is 0.444. The Kier molecular flexibility index (Phi) is 5.27. The standard InChI is InChI=1S/C18H24N2O4/c1-22-16-10-14(11-17(23-2)18(16)21)12-19-5-7-20(8-6-19)13-15-4-3-9-24-15/h3-4,9-11,21H,5-8,12-13H2,1-2H3/p+2. The highest BCUT2D eigenvalue weighted by Gasteiger charge is 2.24. The number of methoxy groups -OCH3 is 2. The van der Waals surface area contributed by atoms with Gasteiger partial charge in [-0.1, -0.05) is 0 Å². The number of hydrogen-bond acceptors (Lipinski definition) is 4. The molecule has 24 heavy (non-hydrogen) atoms. The molecule has 6 heteroatoms. The summed E-state index contributed by atoms with van der Waals surface area (Å²) in [5, 5.41) is 10.0. The predicted octanol–water partition coefficient (Wildman–Crippen LogP) is -0.514. The van der Waals surface area contributed by atoms with Gasteiger partial charge in [-0.25, -0.2) is 0 Å². The van der Waals surface area contributed by atoms with Crippen LogP contribution >= 0.6 is 0 Å². The van der Waals surface area contributed by atoms with Crippen molar-refractivity contribution in [3.63, 3.8) is 0 Å². The van der Waals surface area contributed by atoms with E-state index in [0.29, 0.717) is 11.5 Å². The molecule has 1 aliphatic rings. The number of nitrogens with one attached hydrogen (secondary N) is 2. The van der Waals surface area contributed by atoms with Crippen LogP contribution in [0.2, 0.25) is 0 Å². The Morgan fingerprint density at radius 2 is 1.58 bits per heavy atom.